The fourth-order valence-corrected chi connectivity index (χ4v) is 1.48. The van der Waals surface area contributed by atoms with E-state index in [1.54, 1.807) is 6.20 Å². The molecular formula is C11H15BrN2O2. The fraction of sp³-hybridized carbons (Fsp3) is 0.455. The number of nitrogens with one attached hydrogen (secondary N) is 1. The Morgan fingerprint density at radius 1 is 1.50 bits per heavy atom. The molecule has 0 amide bonds. The van der Waals surface area contributed by atoms with Crippen LogP contribution in [0.1, 0.15) is 13.8 Å². The van der Waals surface area contributed by atoms with Crippen molar-refractivity contribution in [3.8, 4) is 0 Å². The van der Waals surface area contributed by atoms with Crippen molar-refractivity contribution in [2.24, 2.45) is 5.92 Å². The van der Waals surface area contributed by atoms with Gasteiger partial charge in [0.1, 0.15) is 11.9 Å². The number of aromatic nitrogens is 1. The number of halogens is 1. The summed E-state index contributed by atoms with van der Waals surface area (Å²) in [6.07, 6.45) is 1.68. The van der Waals surface area contributed by atoms with Crippen LogP contribution in [0.5, 0.6) is 0 Å². The molecule has 0 saturated heterocycles. The number of nitrogens with zero attached hydrogens (tertiary/aromatic N) is 1. The van der Waals surface area contributed by atoms with Crippen molar-refractivity contribution in [1.29, 1.82) is 0 Å². The summed E-state index contributed by atoms with van der Waals surface area (Å²) in [5, 5.41) is 3.05. The van der Waals surface area contributed by atoms with Gasteiger partial charge in [0.2, 0.25) is 0 Å². The Hall–Kier alpha value is -1.10. The Kier molecular flexibility index (Phi) is 4.73. The van der Waals surface area contributed by atoms with Crippen LogP contribution in [0.2, 0.25) is 0 Å². The molecule has 1 aromatic rings. The number of hydrogen-bond acceptors (Lipinski definition) is 4. The maximum absolute atomic E-state index is 11.5. The highest BCUT2D eigenvalue weighted by atomic mass is 79.9. The number of ether oxygens (including phenoxy) is 1. The molecule has 1 atom stereocenters. The van der Waals surface area contributed by atoms with Crippen LogP contribution in [0.25, 0.3) is 0 Å². The minimum absolute atomic E-state index is 0.137. The number of hydrogen-bond donors (Lipinski definition) is 1. The summed E-state index contributed by atoms with van der Waals surface area (Å²) >= 11 is 3.30. The Morgan fingerprint density at radius 3 is 2.62 bits per heavy atom. The standard InChI is InChI=1S/C11H15BrN2O2/c1-7(2)10(11(15)16-3)14-9-5-4-8(12)6-13-9/h4-7,10H,1-3H3,(H,13,14). The highest BCUT2D eigenvalue weighted by molar-refractivity contribution is 9.10. The SMILES string of the molecule is COC(=O)C(Nc1ccc(Br)cn1)C(C)C. The Morgan fingerprint density at radius 2 is 2.19 bits per heavy atom. The highest BCUT2D eigenvalue weighted by Crippen LogP contribution is 2.14. The zero-order valence-corrected chi connectivity index (χ0v) is 11.1. The summed E-state index contributed by atoms with van der Waals surface area (Å²) in [7, 11) is 1.38. The second-order valence-electron chi connectivity index (χ2n) is 3.75. The summed E-state index contributed by atoms with van der Waals surface area (Å²) in [5.41, 5.74) is 0. The van der Waals surface area contributed by atoms with Crippen LogP contribution in [0, 0.1) is 5.92 Å². The average molecular weight is 287 g/mol. The maximum Gasteiger partial charge on any atom is 0.328 e. The van der Waals surface area contributed by atoms with E-state index in [2.05, 4.69) is 26.2 Å². The molecule has 0 saturated carbocycles. The second-order valence-corrected chi connectivity index (χ2v) is 4.67. The number of carbonyl (C=O) groups is 1. The predicted molar refractivity (Wildman–Crippen MR) is 66.2 cm³/mol. The summed E-state index contributed by atoms with van der Waals surface area (Å²) < 4.78 is 5.63. The number of rotatable bonds is 4. The van der Waals surface area contributed by atoms with Crippen LogP contribution < -0.4 is 5.32 Å². The third kappa shape index (κ3) is 3.48. The van der Waals surface area contributed by atoms with Crippen molar-refractivity contribution >= 4 is 27.7 Å². The van der Waals surface area contributed by atoms with Crippen LogP contribution in [-0.2, 0) is 9.53 Å². The van der Waals surface area contributed by atoms with E-state index in [0.717, 1.165) is 4.47 Å². The van der Waals surface area contributed by atoms with Crippen LogP contribution in [0.4, 0.5) is 5.82 Å². The molecule has 0 aliphatic heterocycles. The fourth-order valence-electron chi connectivity index (χ4n) is 1.25. The first-order valence-corrected chi connectivity index (χ1v) is 5.80. The van der Waals surface area contributed by atoms with Crippen molar-refractivity contribution in [2.75, 3.05) is 12.4 Å². The third-order valence-corrected chi connectivity index (χ3v) is 2.62. The van der Waals surface area contributed by atoms with Gasteiger partial charge in [-0.15, -0.1) is 0 Å². The van der Waals surface area contributed by atoms with Crippen molar-refractivity contribution in [1.82, 2.24) is 4.98 Å². The zero-order valence-electron chi connectivity index (χ0n) is 9.53. The molecule has 1 rings (SSSR count). The van der Waals surface area contributed by atoms with Crippen molar-refractivity contribution in [2.45, 2.75) is 19.9 Å². The van der Waals surface area contributed by atoms with Crippen LogP contribution in [-0.4, -0.2) is 24.1 Å². The van der Waals surface area contributed by atoms with Gasteiger partial charge in [0.25, 0.3) is 0 Å². The lowest BCUT2D eigenvalue weighted by atomic mass is 10.0. The molecule has 88 valence electrons. The monoisotopic (exact) mass is 286 g/mol. The normalized spacial score (nSPS) is 12.3. The van der Waals surface area contributed by atoms with E-state index in [4.69, 9.17) is 4.74 Å². The Labute approximate surface area is 104 Å². The summed E-state index contributed by atoms with van der Waals surface area (Å²) in [6.45, 7) is 3.90. The van der Waals surface area contributed by atoms with E-state index in [9.17, 15) is 4.79 Å². The molecule has 0 fully saturated rings. The number of carbonyl (C=O) groups excluding carboxylic acids is 1. The molecule has 0 aromatic carbocycles. The maximum atomic E-state index is 11.5. The van der Waals surface area contributed by atoms with Gasteiger partial charge in [-0.3, -0.25) is 0 Å². The first-order valence-electron chi connectivity index (χ1n) is 5.00. The zero-order chi connectivity index (χ0) is 12.1. The number of esters is 1. The van der Waals surface area contributed by atoms with Crippen LogP contribution in [0.3, 0.4) is 0 Å². The van der Waals surface area contributed by atoms with Gasteiger partial charge in [-0.05, 0) is 34.0 Å². The van der Waals surface area contributed by atoms with E-state index >= 15 is 0 Å². The molecule has 0 aliphatic carbocycles. The van der Waals surface area contributed by atoms with Gasteiger partial charge in [0, 0.05) is 10.7 Å². The van der Waals surface area contributed by atoms with Crippen LogP contribution >= 0.6 is 15.9 Å². The molecule has 1 heterocycles. The molecule has 0 aliphatic rings. The molecule has 4 nitrogen and oxygen atoms in total. The van der Waals surface area contributed by atoms with Gasteiger partial charge < -0.3 is 10.1 Å². The number of methoxy groups -OCH3 is 1. The smallest absolute Gasteiger partial charge is 0.328 e. The molecule has 1 aromatic heterocycles. The number of pyridine rings is 1. The molecule has 0 bridgehead atoms. The number of anilines is 1. The quantitative estimate of drug-likeness (QED) is 0.864. The highest BCUT2D eigenvalue weighted by Gasteiger charge is 2.22. The largest absolute Gasteiger partial charge is 0.467 e. The minimum atomic E-state index is -0.376. The molecular weight excluding hydrogens is 272 g/mol. The van der Waals surface area contributed by atoms with E-state index in [0.29, 0.717) is 5.82 Å². The third-order valence-electron chi connectivity index (χ3n) is 2.15. The van der Waals surface area contributed by atoms with Crippen molar-refractivity contribution < 1.29 is 9.53 Å². The predicted octanol–water partition coefficient (Wildman–Crippen LogP) is 2.45. The molecule has 0 radical (unpaired) electrons. The van der Waals surface area contributed by atoms with Crippen LogP contribution in [0.15, 0.2) is 22.8 Å². The first-order chi connectivity index (χ1) is 7.54. The van der Waals surface area contributed by atoms with Gasteiger partial charge in [-0.25, -0.2) is 9.78 Å². The van der Waals surface area contributed by atoms with Crippen molar-refractivity contribution in [3.05, 3.63) is 22.8 Å². The average Bonchev–Trinajstić information content (AvgIpc) is 2.27. The lowest BCUT2D eigenvalue weighted by molar-refractivity contribution is -0.142. The molecule has 5 heteroatoms. The first kappa shape index (κ1) is 13.0. The van der Waals surface area contributed by atoms with Gasteiger partial charge in [-0.2, -0.15) is 0 Å². The van der Waals surface area contributed by atoms with Gasteiger partial charge >= 0.3 is 5.97 Å². The van der Waals surface area contributed by atoms with Gasteiger partial charge in [-0.1, -0.05) is 13.8 Å². The molecule has 1 unspecified atom stereocenters. The lowest BCUT2D eigenvalue weighted by Gasteiger charge is -2.20. The van der Waals surface area contributed by atoms with E-state index in [1.165, 1.54) is 7.11 Å². The van der Waals surface area contributed by atoms with E-state index < -0.39 is 0 Å². The van der Waals surface area contributed by atoms with E-state index in [1.807, 2.05) is 26.0 Å². The van der Waals surface area contributed by atoms with Crippen molar-refractivity contribution in [3.63, 3.8) is 0 Å². The summed E-state index contributed by atoms with van der Waals surface area (Å²) in [6, 6.07) is 3.30. The Bertz CT molecular complexity index is 352. The minimum Gasteiger partial charge on any atom is -0.467 e. The van der Waals surface area contributed by atoms with E-state index in [-0.39, 0.29) is 17.9 Å². The molecule has 16 heavy (non-hydrogen) atoms. The lowest BCUT2D eigenvalue weighted by Crippen LogP contribution is -2.35. The van der Waals surface area contributed by atoms with Gasteiger partial charge in [0.05, 0.1) is 7.11 Å². The topological polar surface area (TPSA) is 51.2 Å². The van der Waals surface area contributed by atoms with Gasteiger partial charge in [0.15, 0.2) is 0 Å². The summed E-state index contributed by atoms with van der Waals surface area (Å²) in [4.78, 5) is 15.7. The Balaban J connectivity index is 2.75. The summed E-state index contributed by atoms with van der Waals surface area (Å²) in [5.74, 6) is 0.518. The molecule has 1 N–H and O–H groups in total. The molecule has 0 spiro atoms. The second kappa shape index (κ2) is 5.84.